The van der Waals surface area contributed by atoms with Crippen LogP contribution in [-0.2, 0) is 0 Å². The first kappa shape index (κ1) is 13.9. The van der Waals surface area contributed by atoms with Crippen molar-refractivity contribution < 1.29 is 4.39 Å². The van der Waals surface area contributed by atoms with Crippen LogP contribution >= 0.6 is 0 Å². The number of hydrogen-bond donors (Lipinski definition) is 0. The summed E-state index contributed by atoms with van der Waals surface area (Å²) in [7, 11) is 2.13. The first-order valence-corrected chi connectivity index (χ1v) is 7.17. The van der Waals surface area contributed by atoms with Crippen molar-refractivity contribution in [2.24, 2.45) is 0 Å². The Morgan fingerprint density at radius 3 is 2.33 bits per heavy atom. The van der Waals surface area contributed by atoms with Crippen molar-refractivity contribution in [1.29, 1.82) is 0 Å². The minimum Gasteiger partial charge on any atom is -0.354 e. The summed E-state index contributed by atoms with van der Waals surface area (Å²) in [5, 5.41) is 0. The molecule has 4 nitrogen and oxygen atoms in total. The minimum absolute atomic E-state index is 0.233. The van der Waals surface area contributed by atoms with E-state index in [4.69, 9.17) is 0 Å². The highest BCUT2D eigenvalue weighted by atomic mass is 19.1. The molecule has 0 unspecified atom stereocenters. The highest BCUT2D eigenvalue weighted by molar-refractivity contribution is 5.63. The summed E-state index contributed by atoms with van der Waals surface area (Å²) in [6.45, 7) is 5.90. The molecule has 0 saturated carbocycles. The van der Waals surface area contributed by atoms with Crippen molar-refractivity contribution in [1.82, 2.24) is 14.9 Å². The average Bonchev–Trinajstić information content (AvgIpc) is 2.48. The van der Waals surface area contributed by atoms with Gasteiger partial charge in [-0.2, -0.15) is 0 Å². The number of likely N-dealkylation sites (N-methyl/N-ethyl adjacent to an activating group) is 1. The molecule has 0 radical (unpaired) electrons. The fourth-order valence-electron chi connectivity index (χ4n) is 2.52. The van der Waals surface area contributed by atoms with Gasteiger partial charge in [0.15, 0.2) is 0 Å². The van der Waals surface area contributed by atoms with Crippen molar-refractivity contribution >= 4 is 5.82 Å². The second kappa shape index (κ2) is 5.77. The van der Waals surface area contributed by atoms with Crippen molar-refractivity contribution in [3.63, 3.8) is 0 Å². The number of hydrogen-bond acceptors (Lipinski definition) is 4. The van der Waals surface area contributed by atoms with Gasteiger partial charge in [-0.15, -0.1) is 0 Å². The Morgan fingerprint density at radius 2 is 1.67 bits per heavy atom. The Hall–Kier alpha value is -2.01. The zero-order valence-electron chi connectivity index (χ0n) is 12.4. The minimum atomic E-state index is -0.233. The van der Waals surface area contributed by atoms with Crippen LogP contribution in [0.15, 0.2) is 30.3 Å². The smallest absolute Gasteiger partial charge is 0.132 e. The number of halogens is 1. The number of anilines is 1. The van der Waals surface area contributed by atoms with Gasteiger partial charge in [0.05, 0.1) is 5.69 Å². The molecule has 1 aromatic heterocycles. The molecule has 0 bridgehead atoms. The van der Waals surface area contributed by atoms with E-state index in [1.165, 1.54) is 12.1 Å². The van der Waals surface area contributed by atoms with Gasteiger partial charge >= 0.3 is 0 Å². The summed E-state index contributed by atoms with van der Waals surface area (Å²) in [5.41, 5.74) is 1.76. The van der Waals surface area contributed by atoms with Crippen LogP contribution < -0.4 is 4.90 Å². The predicted molar refractivity (Wildman–Crippen MR) is 81.9 cm³/mol. The van der Waals surface area contributed by atoms with E-state index in [1.807, 2.05) is 13.0 Å². The Bertz CT molecular complexity index is 619. The van der Waals surface area contributed by atoms with Gasteiger partial charge in [0, 0.05) is 37.8 Å². The standard InChI is InChI=1S/C16H19FN4/c1-12-18-15(13-3-5-14(17)6-4-13)11-16(19-12)21-9-7-20(2)8-10-21/h3-6,11H,7-10H2,1-2H3. The first-order chi connectivity index (χ1) is 10.1. The third-order valence-corrected chi connectivity index (χ3v) is 3.79. The molecule has 0 aliphatic carbocycles. The van der Waals surface area contributed by atoms with E-state index in [9.17, 15) is 4.39 Å². The maximum atomic E-state index is 13.0. The molecular weight excluding hydrogens is 267 g/mol. The fraction of sp³-hybridized carbons (Fsp3) is 0.375. The van der Waals surface area contributed by atoms with Crippen molar-refractivity contribution in [2.75, 3.05) is 38.1 Å². The van der Waals surface area contributed by atoms with Gasteiger partial charge in [0.2, 0.25) is 0 Å². The average molecular weight is 286 g/mol. The van der Waals surface area contributed by atoms with E-state index in [-0.39, 0.29) is 5.82 Å². The molecule has 0 atom stereocenters. The molecule has 2 heterocycles. The van der Waals surface area contributed by atoms with E-state index in [0.717, 1.165) is 49.1 Å². The second-order valence-electron chi connectivity index (χ2n) is 5.46. The Kier molecular flexibility index (Phi) is 3.84. The van der Waals surface area contributed by atoms with Crippen LogP contribution in [0, 0.1) is 12.7 Å². The molecule has 1 aliphatic rings. The highest BCUT2D eigenvalue weighted by Crippen LogP contribution is 2.22. The molecule has 2 aromatic rings. The van der Waals surface area contributed by atoms with Crippen LogP contribution in [0.2, 0.25) is 0 Å². The largest absolute Gasteiger partial charge is 0.354 e. The van der Waals surface area contributed by atoms with Gasteiger partial charge in [-0.3, -0.25) is 0 Å². The zero-order chi connectivity index (χ0) is 14.8. The third kappa shape index (κ3) is 3.19. The summed E-state index contributed by atoms with van der Waals surface area (Å²) >= 11 is 0. The number of piperazine rings is 1. The number of aryl methyl sites for hydroxylation is 1. The summed E-state index contributed by atoms with van der Waals surface area (Å²) in [5.74, 6) is 1.46. The lowest BCUT2D eigenvalue weighted by molar-refractivity contribution is 0.312. The lowest BCUT2D eigenvalue weighted by Gasteiger charge is -2.33. The molecule has 5 heteroatoms. The second-order valence-corrected chi connectivity index (χ2v) is 5.46. The van der Waals surface area contributed by atoms with Crippen molar-refractivity contribution in [3.05, 3.63) is 42.0 Å². The molecule has 0 N–H and O–H groups in total. The van der Waals surface area contributed by atoms with Crippen LogP contribution in [0.4, 0.5) is 10.2 Å². The topological polar surface area (TPSA) is 32.3 Å². The van der Waals surface area contributed by atoms with Gasteiger partial charge in [-0.1, -0.05) is 0 Å². The molecular formula is C16H19FN4. The van der Waals surface area contributed by atoms with E-state index >= 15 is 0 Å². The predicted octanol–water partition coefficient (Wildman–Crippen LogP) is 2.34. The lowest BCUT2D eigenvalue weighted by Crippen LogP contribution is -2.44. The zero-order valence-corrected chi connectivity index (χ0v) is 12.4. The number of rotatable bonds is 2. The number of aromatic nitrogens is 2. The maximum absolute atomic E-state index is 13.0. The molecule has 1 fully saturated rings. The van der Waals surface area contributed by atoms with Gasteiger partial charge in [-0.05, 0) is 38.2 Å². The highest BCUT2D eigenvalue weighted by Gasteiger charge is 2.16. The van der Waals surface area contributed by atoms with Gasteiger partial charge < -0.3 is 9.80 Å². The van der Waals surface area contributed by atoms with Crippen LogP contribution in [0.1, 0.15) is 5.82 Å². The Labute approximate surface area is 124 Å². The quantitative estimate of drug-likeness (QED) is 0.848. The van der Waals surface area contributed by atoms with Crippen molar-refractivity contribution in [3.8, 4) is 11.3 Å². The van der Waals surface area contributed by atoms with Crippen LogP contribution in [0.5, 0.6) is 0 Å². The van der Waals surface area contributed by atoms with Crippen LogP contribution in [0.3, 0.4) is 0 Å². The number of benzene rings is 1. The molecule has 1 aliphatic heterocycles. The molecule has 1 aromatic carbocycles. The summed E-state index contributed by atoms with van der Waals surface area (Å²) in [4.78, 5) is 13.6. The van der Waals surface area contributed by atoms with Gasteiger partial charge in [0.25, 0.3) is 0 Å². The van der Waals surface area contributed by atoms with Crippen LogP contribution in [-0.4, -0.2) is 48.1 Å². The van der Waals surface area contributed by atoms with Gasteiger partial charge in [0.1, 0.15) is 17.5 Å². The molecule has 21 heavy (non-hydrogen) atoms. The van der Waals surface area contributed by atoms with Crippen molar-refractivity contribution in [2.45, 2.75) is 6.92 Å². The Morgan fingerprint density at radius 1 is 1.00 bits per heavy atom. The maximum Gasteiger partial charge on any atom is 0.132 e. The molecule has 3 rings (SSSR count). The third-order valence-electron chi connectivity index (χ3n) is 3.79. The SMILES string of the molecule is Cc1nc(-c2ccc(F)cc2)cc(N2CCN(C)CC2)n1. The van der Waals surface area contributed by atoms with Crippen LogP contribution in [0.25, 0.3) is 11.3 Å². The molecule has 110 valence electrons. The van der Waals surface area contributed by atoms with E-state index < -0.39 is 0 Å². The molecule has 0 spiro atoms. The lowest BCUT2D eigenvalue weighted by atomic mass is 10.1. The summed E-state index contributed by atoms with van der Waals surface area (Å²) in [6.07, 6.45) is 0. The molecule has 0 amide bonds. The fourth-order valence-corrected chi connectivity index (χ4v) is 2.52. The normalized spacial score (nSPS) is 16.2. The summed E-state index contributed by atoms with van der Waals surface area (Å²) < 4.78 is 13.0. The number of nitrogens with zero attached hydrogens (tertiary/aromatic N) is 4. The van der Waals surface area contributed by atoms with E-state index in [0.29, 0.717) is 0 Å². The summed E-state index contributed by atoms with van der Waals surface area (Å²) in [6, 6.07) is 8.42. The van der Waals surface area contributed by atoms with E-state index in [2.05, 4.69) is 26.8 Å². The Balaban J connectivity index is 1.91. The van der Waals surface area contributed by atoms with Gasteiger partial charge in [-0.25, -0.2) is 14.4 Å². The monoisotopic (exact) mass is 286 g/mol. The first-order valence-electron chi connectivity index (χ1n) is 7.17. The van der Waals surface area contributed by atoms with E-state index in [1.54, 1.807) is 12.1 Å². The molecule has 1 saturated heterocycles.